The van der Waals surface area contributed by atoms with Crippen LogP contribution in [0.1, 0.15) is 6.42 Å². The first-order valence-corrected chi connectivity index (χ1v) is 7.66. The van der Waals surface area contributed by atoms with Crippen LogP contribution in [0.2, 0.25) is 0 Å². The average molecular weight is 274 g/mol. The highest BCUT2D eigenvalue weighted by Gasteiger charge is 2.19. The molecule has 0 amide bonds. The molecule has 0 saturated carbocycles. The summed E-state index contributed by atoms with van der Waals surface area (Å²) in [6.07, 6.45) is 4.18. The van der Waals surface area contributed by atoms with E-state index >= 15 is 0 Å². The van der Waals surface area contributed by atoms with Crippen LogP contribution < -0.4 is 4.90 Å². The number of hydrogen-bond donors (Lipinski definition) is 0. The molecule has 0 aliphatic carbocycles. The van der Waals surface area contributed by atoms with E-state index in [9.17, 15) is 8.42 Å². The molecule has 1 saturated heterocycles. The van der Waals surface area contributed by atoms with Crippen LogP contribution in [0.4, 0.5) is 5.69 Å². The quantitative estimate of drug-likeness (QED) is 0.860. The van der Waals surface area contributed by atoms with Gasteiger partial charge in [0.25, 0.3) is 0 Å². The van der Waals surface area contributed by atoms with E-state index in [4.69, 9.17) is 0 Å². The molecule has 98 valence electrons. The van der Waals surface area contributed by atoms with Crippen LogP contribution in [0.5, 0.6) is 0 Å². The van der Waals surface area contributed by atoms with Gasteiger partial charge < -0.3 is 4.90 Å². The molecule has 0 N–H and O–H groups in total. The Kier molecular flexibility index (Phi) is 2.98. The van der Waals surface area contributed by atoms with Gasteiger partial charge in [-0.3, -0.25) is 4.98 Å². The first-order chi connectivity index (χ1) is 9.18. The SMILES string of the molecule is O=S(=O)(c1ccncc1)c1ccc(N2CCC2)cc1. The Balaban J connectivity index is 1.93. The number of hydrogen-bond acceptors (Lipinski definition) is 4. The molecular weight excluding hydrogens is 260 g/mol. The summed E-state index contributed by atoms with van der Waals surface area (Å²) in [6.45, 7) is 2.10. The molecule has 4 nitrogen and oxygen atoms in total. The fourth-order valence-electron chi connectivity index (χ4n) is 2.06. The van der Waals surface area contributed by atoms with Gasteiger partial charge in [0, 0.05) is 31.2 Å². The molecule has 0 spiro atoms. The predicted octanol–water partition coefficient (Wildman–Crippen LogP) is 2.12. The molecule has 3 rings (SSSR count). The number of benzene rings is 1. The molecule has 1 fully saturated rings. The maximum absolute atomic E-state index is 12.4. The lowest BCUT2D eigenvalue weighted by atomic mass is 10.2. The van der Waals surface area contributed by atoms with E-state index in [-0.39, 0.29) is 4.90 Å². The number of pyridine rings is 1. The van der Waals surface area contributed by atoms with Gasteiger partial charge in [-0.15, -0.1) is 0 Å². The van der Waals surface area contributed by atoms with Gasteiger partial charge >= 0.3 is 0 Å². The largest absolute Gasteiger partial charge is 0.371 e. The van der Waals surface area contributed by atoms with Gasteiger partial charge in [-0.2, -0.15) is 0 Å². The Morgan fingerprint density at radius 2 is 1.47 bits per heavy atom. The third kappa shape index (κ3) is 2.21. The van der Waals surface area contributed by atoms with Gasteiger partial charge in [-0.25, -0.2) is 8.42 Å². The molecule has 0 bridgehead atoms. The number of nitrogens with zero attached hydrogens (tertiary/aromatic N) is 2. The minimum absolute atomic E-state index is 0.277. The van der Waals surface area contributed by atoms with Crippen molar-refractivity contribution in [1.82, 2.24) is 4.98 Å². The summed E-state index contributed by atoms with van der Waals surface area (Å²) in [6, 6.07) is 10.1. The summed E-state index contributed by atoms with van der Waals surface area (Å²) in [5.74, 6) is 0. The van der Waals surface area contributed by atoms with Crippen molar-refractivity contribution in [3.63, 3.8) is 0 Å². The number of aromatic nitrogens is 1. The van der Waals surface area contributed by atoms with Gasteiger partial charge in [0.05, 0.1) is 9.79 Å². The van der Waals surface area contributed by atoms with Crippen molar-refractivity contribution in [3.05, 3.63) is 48.8 Å². The van der Waals surface area contributed by atoms with E-state index in [2.05, 4.69) is 9.88 Å². The van der Waals surface area contributed by atoms with E-state index in [0.29, 0.717) is 4.90 Å². The molecule has 0 radical (unpaired) electrons. The smallest absolute Gasteiger partial charge is 0.206 e. The molecule has 2 aromatic rings. The highest BCUT2D eigenvalue weighted by molar-refractivity contribution is 7.91. The standard InChI is InChI=1S/C14H14N2O2S/c17-19(18,14-6-8-15-9-7-14)13-4-2-12(3-5-13)16-10-1-11-16/h2-9H,1,10-11H2. The summed E-state index contributed by atoms with van der Waals surface area (Å²) in [4.78, 5) is 6.66. The molecule has 1 aliphatic rings. The van der Waals surface area contributed by atoms with E-state index in [1.54, 1.807) is 12.1 Å². The Hall–Kier alpha value is -1.88. The van der Waals surface area contributed by atoms with E-state index in [0.717, 1.165) is 18.8 Å². The van der Waals surface area contributed by atoms with Crippen LogP contribution in [-0.4, -0.2) is 26.5 Å². The van der Waals surface area contributed by atoms with Gasteiger partial charge in [-0.1, -0.05) is 0 Å². The third-order valence-corrected chi connectivity index (χ3v) is 5.11. The third-order valence-electron chi connectivity index (χ3n) is 3.33. The second kappa shape index (κ2) is 4.66. The highest BCUT2D eigenvalue weighted by Crippen LogP contribution is 2.25. The first kappa shape index (κ1) is 12.2. The Morgan fingerprint density at radius 1 is 0.895 bits per heavy atom. The zero-order valence-corrected chi connectivity index (χ0v) is 11.2. The number of sulfone groups is 1. The van der Waals surface area contributed by atoms with Crippen molar-refractivity contribution < 1.29 is 8.42 Å². The molecule has 19 heavy (non-hydrogen) atoms. The first-order valence-electron chi connectivity index (χ1n) is 6.18. The number of rotatable bonds is 3. The van der Waals surface area contributed by atoms with Crippen LogP contribution in [0.25, 0.3) is 0 Å². The lowest BCUT2D eigenvalue weighted by molar-refractivity contribution is 0.595. The van der Waals surface area contributed by atoms with Crippen molar-refractivity contribution in [2.45, 2.75) is 16.2 Å². The van der Waals surface area contributed by atoms with E-state index < -0.39 is 9.84 Å². The lowest BCUT2D eigenvalue weighted by Gasteiger charge is -2.33. The summed E-state index contributed by atoms with van der Waals surface area (Å²) in [5.41, 5.74) is 1.08. The molecule has 0 atom stereocenters. The monoisotopic (exact) mass is 274 g/mol. The zero-order valence-electron chi connectivity index (χ0n) is 10.4. The molecule has 0 unspecified atom stereocenters. The van der Waals surface area contributed by atoms with Gasteiger partial charge in [0.1, 0.15) is 0 Å². The van der Waals surface area contributed by atoms with Crippen molar-refractivity contribution in [3.8, 4) is 0 Å². The zero-order chi connectivity index (χ0) is 13.3. The second-order valence-corrected chi connectivity index (χ2v) is 6.47. The van der Waals surface area contributed by atoms with E-state index in [1.807, 2.05) is 12.1 Å². The Morgan fingerprint density at radius 3 is 2.00 bits per heavy atom. The molecule has 1 aromatic heterocycles. The molecule has 1 aromatic carbocycles. The minimum atomic E-state index is -3.43. The van der Waals surface area contributed by atoms with Crippen molar-refractivity contribution in [1.29, 1.82) is 0 Å². The maximum atomic E-state index is 12.4. The van der Waals surface area contributed by atoms with Crippen molar-refractivity contribution in [2.24, 2.45) is 0 Å². The summed E-state index contributed by atoms with van der Waals surface area (Å²) >= 11 is 0. The number of anilines is 1. The summed E-state index contributed by atoms with van der Waals surface area (Å²) < 4.78 is 24.7. The van der Waals surface area contributed by atoms with Crippen LogP contribution in [0, 0.1) is 0 Å². The highest BCUT2D eigenvalue weighted by atomic mass is 32.2. The van der Waals surface area contributed by atoms with Gasteiger partial charge in [0.15, 0.2) is 0 Å². The fraction of sp³-hybridized carbons (Fsp3) is 0.214. The summed E-state index contributed by atoms with van der Waals surface area (Å²) in [5, 5.41) is 0. The normalized spacial score (nSPS) is 15.1. The van der Waals surface area contributed by atoms with Crippen molar-refractivity contribution >= 4 is 15.5 Å². The topological polar surface area (TPSA) is 50.3 Å². The average Bonchev–Trinajstić information content (AvgIpc) is 2.38. The fourth-order valence-corrected chi connectivity index (χ4v) is 3.31. The Bertz CT molecular complexity index is 662. The van der Waals surface area contributed by atoms with Crippen LogP contribution >= 0.6 is 0 Å². The molecular formula is C14H14N2O2S. The molecule has 1 aliphatic heterocycles. The van der Waals surface area contributed by atoms with Gasteiger partial charge in [-0.05, 0) is 42.8 Å². The van der Waals surface area contributed by atoms with Crippen molar-refractivity contribution in [2.75, 3.05) is 18.0 Å². The minimum Gasteiger partial charge on any atom is -0.371 e. The second-order valence-electron chi connectivity index (χ2n) is 4.52. The predicted molar refractivity (Wildman–Crippen MR) is 73.0 cm³/mol. The summed E-state index contributed by atoms with van der Waals surface area (Å²) in [7, 11) is -3.43. The molecule has 5 heteroatoms. The molecule has 2 heterocycles. The lowest BCUT2D eigenvalue weighted by Crippen LogP contribution is -2.36. The van der Waals surface area contributed by atoms with Gasteiger partial charge in [0.2, 0.25) is 9.84 Å². The van der Waals surface area contributed by atoms with Crippen LogP contribution in [-0.2, 0) is 9.84 Å². The van der Waals surface area contributed by atoms with E-state index in [1.165, 1.54) is 30.9 Å². The maximum Gasteiger partial charge on any atom is 0.206 e. The Labute approximate surface area is 112 Å². The van der Waals surface area contributed by atoms with Crippen LogP contribution in [0.15, 0.2) is 58.6 Å². The van der Waals surface area contributed by atoms with Crippen LogP contribution in [0.3, 0.4) is 0 Å².